The molecule has 2 nitrogen and oxygen atoms in total. The van der Waals surface area contributed by atoms with Gasteiger partial charge >= 0.3 is 0 Å². The fraction of sp³-hybridized carbons (Fsp3) is 1.00. The molecule has 2 N–H and O–H groups in total. The minimum atomic E-state index is -1.61. The van der Waals surface area contributed by atoms with Crippen LogP contribution >= 0.6 is 0 Å². The van der Waals surface area contributed by atoms with E-state index >= 15 is 0 Å². The van der Waals surface area contributed by atoms with Crippen LogP contribution < -0.4 is 0 Å². The molecule has 0 aliphatic rings. The van der Waals surface area contributed by atoms with Gasteiger partial charge in [-0.25, -0.2) is 0 Å². The number of hydrogen-bond donors (Lipinski definition) is 2. The molecule has 10 heavy (non-hydrogen) atoms. The molecule has 0 saturated carbocycles. The first-order valence-corrected chi connectivity index (χ1v) is 10.3. The van der Waals surface area contributed by atoms with Crippen LogP contribution in [0.2, 0.25) is 39.3 Å². The Balaban J connectivity index is 0. The van der Waals surface area contributed by atoms with Gasteiger partial charge in [0.1, 0.15) is 0 Å². The molecule has 0 saturated heterocycles. The minimum absolute atomic E-state index is 1.61. The smallest absolute Gasteiger partial charge is 0.179 e. The molecule has 0 amide bonds. The molecule has 0 aliphatic heterocycles. The zero-order chi connectivity index (χ0) is 9.00. The number of rotatable bonds is 0. The molecule has 0 aromatic heterocycles. The van der Waals surface area contributed by atoms with Crippen LogP contribution in [-0.2, 0) is 0 Å². The molecule has 0 rings (SSSR count). The minimum Gasteiger partial charge on any atom is -0.433 e. The van der Waals surface area contributed by atoms with Gasteiger partial charge in [0.25, 0.3) is 0 Å². The van der Waals surface area contributed by atoms with Gasteiger partial charge in [-0.05, 0) is 39.3 Å². The Hall–Kier alpha value is 0.354. The topological polar surface area (TPSA) is 40.5 Å². The molecule has 0 radical (unpaired) electrons. The SMILES string of the molecule is C[Si](C)(C)O.C[Si](C)(C)O. The maximum atomic E-state index is 8.66. The van der Waals surface area contributed by atoms with Crippen molar-refractivity contribution in [1.29, 1.82) is 0 Å². The van der Waals surface area contributed by atoms with Crippen LogP contribution in [-0.4, -0.2) is 26.2 Å². The summed E-state index contributed by atoms with van der Waals surface area (Å²) in [6, 6.07) is 0. The van der Waals surface area contributed by atoms with Crippen molar-refractivity contribution >= 4 is 16.6 Å². The fourth-order valence-corrected chi connectivity index (χ4v) is 0. The quantitative estimate of drug-likeness (QED) is 0.556. The molecule has 4 heteroatoms. The molecule has 0 unspecified atom stereocenters. The lowest BCUT2D eigenvalue weighted by molar-refractivity contribution is 0.559. The monoisotopic (exact) mass is 180 g/mol. The van der Waals surface area contributed by atoms with Gasteiger partial charge in [0.2, 0.25) is 0 Å². The van der Waals surface area contributed by atoms with Crippen molar-refractivity contribution in [3.8, 4) is 0 Å². The van der Waals surface area contributed by atoms with E-state index in [0.717, 1.165) is 0 Å². The molecule has 0 heterocycles. The van der Waals surface area contributed by atoms with Gasteiger partial charge in [0.05, 0.1) is 0 Å². The predicted octanol–water partition coefficient (Wildman–Crippen LogP) is 1.63. The lowest BCUT2D eigenvalue weighted by Gasteiger charge is -2.00. The summed E-state index contributed by atoms with van der Waals surface area (Å²) in [6.45, 7) is 11.3. The zero-order valence-electron chi connectivity index (χ0n) is 7.89. The predicted molar refractivity (Wildman–Crippen MR) is 51.1 cm³/mol. The van der Waals surface area contributed by atoms with E-state index in [0.29, 0.717) is 0 Å². The van der Waals surface area contributed by atoms with Gasteiger partial charge < -0.3 is 9.59 Å². The summed E-state index contributed by atoms with van der Waals surface area (Å²) in [5, 5.41) is 0. The van der Waals surface area contributed by atoms with Gasteiger partial charge in [-0.3, -0.25) is 0 Å². The summed E-state index contributed by atoms with van der Waals surface area (Å²) in [5.41, 5.74) is 0. The summed E-state index contributed by atoms with van der Waals surface area (Å²) in [7, 11) is -3.22. The third-order valence-corrected chi connectivity index (χ3v) is 0. The summed E-state index contributed by atoms with van der Waals surface area (Å²) >= 11 is 0. The normalized spacial score (nSPS) is 12.0. The van der Waals surface area contributed by atoms with E-state index in [1.165, 1.54) is 0 Å². The van der Waals surface area contributed by atoms with Crippen molar-refractivity contribution in [1.82, 2.24) is 0 Å². The van der Waals surface area contributed by atoms with Crippen molar-refractivity contribution in [2.24, 2.45) is 0 Å². The highest BCUT2D eigenvalue weighted by Crippen LogP contribution is 1.89. The molecule has 0 aromatic rings. The Morgan fingerprint density at radius 3 is 0.600 bits per heavy atom. The van der Waals surface area contributed by atoms with E-state index in [-0.39, 0.29) is 0 Å². The summed E-state index contributed by atoms with van der Waals surface area (Å²) in [5.74, 6) is 0. The summed E-state index contributed by atoms with van der Waals surface area (Å²) in [4.78, 5) is 17.3. The Labute approximate surface area is 66.2 Å². The zero-order valence-corrected chi connectivity index (χ0v) is 9.89. The molecule has 64 valence electrons. The average molecular weight is 180 g/mol. The van der Waals surface area contributed by atoms with Crippen molar-refractivity contribution < 1.29 is 9.59 Å². The third kappa shape index (κ3) is 3610. The molecular weight excluding hydrogens is 160 g/mol. The molecule has 0 bridgehead atoms. The third-order valence-electron chi connectivity index (χ3n) is 0. The Morgan fingerprint density at radius 1 is 0.600 bits per heavy atom. The van der Waals surface area contributed by atoms with E-state index in [2.05, 4.69) is 0 Å². The van der Waals surface area contributed by atoms with Crippen LogP contribution in [0.1, 0.15) is 0 Å². The largest absolute Gasteiger partial charge is 0.433 e. The Bertz CT molecular complexity index is 56.7. The van der Waals surface area contributed by atoms with Gasteiger partial charge in [0, 0.05) is 0 Å². The van der Waals surface area contributed by atoms with Gasteiger partial charge in [0.15, 0.2) is 16.6 Å². The lowest BCUT2D eigenvalue weighted by Crippen LogP contribution is -2.17. The molecule has 0 fully saturated rings. The van der Waals surface area contributed by atoms with Crippen LogP contribution in [0.15, 0.2) is 0 Å². The summed E-state index contributed by atoms with van der Waals surface area (Å²) in [6.07, 6.45) is 0. The van der Waals surface area contributed by atoms with E-state index in [1.807, 2.05) is 39.3 Å². The van der Waals surface area contributed by atoms with Crippen LogP contribution in [0.4, 0.5) is 0 Å². The first-order valence-electron chi connectivity index (χ1n) is 3.45. The molecular formula is C6H20O2Si2. The second-order valence-corrected chi connectivity index (χ2v) is 13.0. The Morgan fingerprint density at radius 2 is 0.600 bits per heavy atom. The maximum Gasteiger partial charge on any atom is 0.179 e. The second-order valence-electron chi connectivity index (χ2n) is 4.34. The highest BCUT2D eigenvalue weighted by Gasteiger charge is 2.04. The van der Waals surface area contributed by atoms with Crippen LogP contribution in [0.25, 0.3) is 0 Å². The van der Waals surface area contributed by atoms with E-state index in [1.54, 1.807) is 0 Å². The van der Waals surface area contributed by atoms with Crippen molar-refractivity contribution in [2.45, 2.75) is 39.3 Å². The van der Waals surface area contributed by atoms with Crippen molar-refractivity contribution in [3.63, 3.8) is 0 Å². The van der Waals surface area contributed by atoms with Gasteiger partial charge in [-0.2, -0.15) is 0 Å². The van der Waals surface area contributed by atoms with Crippen LogP contribution in [0.5, 0.6) is 0 Å². The Kier molecular flexibility index (Phi) is 5.55. The van der Waals surface area contributed by atoms with E-state index < -0.39 is 16.6 Å². The van der Waals surface area contributed by atoms with Gasteiger partial charge in [-0.15, -0.1) is 0 Å². The van der Waals surface area contributed by atoms with Crippen molar-refractivity contribution in [2.75, 3.05) is 0 Å². The lowest BCUT2D eigenvalue weighted by atomic mass is 11.8. The first-order chi connectivity index (χ1) is 4.00. The second kappa shape index (κ2) is 4.28. The fourth-order valence-electron chi connectivity index (χ4n) is 0. The van der Waals surface area contributed by atoms with Crippen LogP contribution in [0.3, 0.4) is 0 Å². The van der Waals surface area contributed by atoms with E-state index in [4.69, 9.17) is 9.59 Å². The molecule has 0 atom stereocenters. The highest BCUT2D eigenvalue weighted by molar-refractivity contribution is 6.68. The molecule has 0 aliphatic carbocycles. The maximum absolute atomic E-state index is 8.66. The standard InChI is InChI=1S/2C3H10OSi/c2*1-5(2,3)4/h2*4H,1-3H3. The van der Waals surface area contributed by atoms with Gasteiger partial charge in [-0.1, -0.05) is 0 Å². The van der Waals surface area contributed by atoms with E-state index in [9.17, 15) is 0 Å². The molecule has 0 aromatic carbocycles. The first kappa shape index (κ1) is 13.0. The molecule has 0 spiro atoms. The highest BCUT2D eigenvalue weighted by atomic mass is 28.4. The summed E-state index contributed by atoms with van der Waals surface area (Å²) < 4.78 is 0. The average Bonchev–Trinajstić information content (AvgIpc) is 1.12. The number of hydrogen-bond acceptors (Lipinski definition) is 2. The van der Waals surface area contributed by atoms with Crippen molar-refractivity contribution in [3.05, 3.63) is 0 Å². The van der Waals surface area contributed by atoms with Crippen LogP contribution in [0, 0.1) is 0 Å².